The van der Waals surface area contributed by atoms with Crippen molar-refractivity contribution >= 4 is 32.9 Å². The Bertz CT molecular complexity index is 430. The van der Waals surface area contributed by atoms with Crippen molar-refractivity contribution in [1.29, 1.82) is 0 Å². The smallest absolute Gasteiger partial charge is 0.157 e. The number of rotatable bonds is 2. The van der Waals surface area contributed by atoms with Gasteiger partial charge in [-0.1, -0.05) is 46.7 Å². The number of nitrogens with one attached hydrogen (secondary N) is 1. The summed E-state index contributed by atoms with van der Waals surface area (Å²) in [6.07, 6.45) is 0. The Morgan fingerprint density at radius 3 is 2.61 bits per heavy atom. The Morgan fingerprint density at radius 2 is 2.00 bits per heavy atom. The van der Waals surface area contributed by atoms with Gasteiger partial charge in [0.2, 0.25) is 0 Å². The van der Waals surface area contributed by atoms with Gasteiger partial charge in [0.25, 0.3) is 0 Å². The van der Waals surface area contributed by atoms with Crippen LogP contribution < -0.4 is 5.32 Å². The molecule has 0 amide bonds. The second-order valence-electron chi connectivity index (χ2n) is 4.88. The van der Waals surface area contributed by atoms with Crippen molar-refractivity contribution in [2.24, 2.45) is 10.9 Å². The number of aliphatic imine (C=N–C) groups is 1. The first-order valence-electron chi connectivity index (χ1n) is 6.29. The molecule has 4 heteroatoms. The SMILES string of the molecule is CC(NC1=NC(C)C(C)CS1)c1ccc(Br)cc1. The maximum Gasteiger partial charge on any atom is 0.157 e. The van der Waals surface area contributed by atoms with E-state index in [2.05, 4.69) is 66.3 Å². The normalized spacial score (nSPS) is 25.4. The van der Waals surface area contributed by atoms with Crippen LogP contribution in [-0.2, 0) is 0 Å². The fraction of sp³-hybridized carbons (Fsp3) is 0.500. The quantitative estimate of drug-likeness (QED) is 0.879. The number of hydrogen-bond acceptors (Lipinski definition) is 3. The third-order valence-electron chi connectivity index (χ3n) is 3.34. The van der Waals surface area contributed by atoms with Gasteiger partial charge in [-0.2, -0.15) is 0 Å². The van der Waals surface area contributed by atoms with E-state index in [0.29, 0.717) is 18.0 Å². The largest absolute Gasteiger partial charge is 0.358 e. The van der Waals surface area contributed by atoms with Gasteiger partial charge in [-0.15, -0.1) is 0 Å². The summed E-state index contributed by atoms with van der Waals surface area (Å²) >= 11 is 5.29. The molecule has 0 radical (unpaired) electrons. The fourth-order valence-electron chi connectivity index (χ4n) is 1.80. The highest BCUT2D eigenvalue weighted by Crippen LogP contribution is 2.24. The predicted molar refractivity (Wildman–Crippen MR) is 84.2 cm³/mol. The highest BCUT2D eigenvalue weighted by molar-refractivity contribution is 9.10. The average molecular weight is 327 g/mol. The van der Waals surface area contributed by atoms with Crippen LogP contribution in [0.5, 0.6) is 0 Å². The number of amidine groups is 1. The van der Waals surface area contributed by atoms with E-state index in [4.69, 9.17) is 4.99 Å². The Kier molecular flexibility index (Phi) is 4.73. The van der Waals surface area contributed by atoms with E-state index in [1.807, 2.05) is 11.8 Å². The topological polar surface area (TPSA) is 24.4 Å². The maximum absolute atomic E-state index is 4.71. The van der Waals surface area contributed by atoms with E-state index in [0.717, 1.165) is 15.4 Å². The van der Waals surface area contributed by atoms with Gasteiger partial charge in [0.1, 0.15) is 0 Å². The molecule has 1 aliphatic rings. The minimum atomic E-state index is 0.296. The van der Waals surface area contributed by atoms with Crippen LogP contribution in [-0.4, -0.2) is 17.0 Å². The molecule has 2 nitrogen and oxygen atoms in total. The first-order chi connectivity index (χ1) is 8.56. The van der Waals surface area contributed by atoms with Crippen LogP contribution in [0, 0.1) is 5.92 Å². The number of nitrogens with zero attached hydrogens (tertiary/aromatic N) is 1. The zero-order valence-corrected chi connectivity index (χ0v) is 13.4. The highest BCUT2D eigenvalue weighted by Gasteiger charge is 2.20. The second-order valence-corrected chi connectivity index (χ2v) is 6.81. The molecule has 98 valence electrons. The van der Waals surface area contributed by atoms with Gasteiger partial charge >= 0.3 is 0 Å². The Labute approximate surface area is 122 Å². The zero-order chi connectivity index (χ0) is 13.1. The van der Waals surface area contributed by atoms with E-state index < -0.39 is 0 Å². The monoisotopic (exact) mass is 326 g/mol. The summed E-state index contributed by atoms with van der Waals surface area (Å²) < 4.78 is 1.12. The number of halogens is 1. The highest BCUT2D eigenvalue weighted by atomic mass is 79.9. The summed E-state index contributed by atoms with van der Waals surface area (Å²) in [4.78, 5) is 4.71. The van der Waals surface area contributed by atoms with Gasteiger partial charge in [0.05, 0.1) is 12.1 Å². The minimum Gasteiger partial charge on any atom is -0.358 e. The molecule has 1 aromatic carbocycles. The van der Waals surface area contributed by atoms with E-state index in [9.17, 15) is 0 Å². The van der Waals surface area contributed by atoms with E-state index in [1.54, 1.807) is 0 Å². The van der Waals surface area contributed by atoms with Crippen molar-refractivity contribution in [1.82, 2.24) is 5.32 Å². The Morgan fingerprint density at radius 1 is 1.33 bits per heavy atom. The Hall–Kier alpha value is -0.480. The lowest BCUT2D eigenvalue weighted by Crippen LogP contribution is -2.31. The van der Waals surface area contributed by atoms with Crippen LogP contribution in [0.4, 0.5) is 0 Å². The van der Waals surface area contributed by atoms with E-state index in [-0.39, 0.29) is 0 Å². The van der Waals surface area contributed by atoms with Crippen LogP contribution >= 0.6 is 27.7 Å². The molecule has 1 aliphatic heterocycles. The maximum atomic E-state index is 4.71. The first kappa shape index (κ1) is 13.9. The van der Waals surface area contributed by atoms with Crippen molar-refractivity contribution in [2.75, 3.05) is 5.75 Å². The van der Waals surface area contributed by atoms with Crippen LogP contribution in [0.25, 0.3) is 0 Å². The lowest BCUT2D eigenvalue weighted by Gasteiger charge is -2.26. The summed E-state index contributed by atoms with van der Waals surface area (Å²) in [5, 5.41) is 4.58. The fourth-order valence-corrected chi connectivity index (χ4v) is 3.26. The minimum absolute atomic E-state index is 0.296. The standard InChI is InChI=1S/C14H19BrN2S/c1-9-8-18-14(16-10(9)2)17-11(3)12-4-6-13(15)7-5-12/h4-7,9-11H,8H2,1-3H3,(H,16,17). The first-order valence-corrected chi connectivity index (χ1v) is 8.06. The molecule has 0 spiro atoms. The Balaban J connectivity index is 2.01. The van der Waals surface area contributed by atoms with Gasteiger partial charge in [-0.05, 0) is 37.5 Å². The zero-order valence-electron chi connectivity index (χ0n) is 11.0. The van der Waals surface area contributed by atoms with Gasteiger partial charge < -0.3 is 5.32 Å². The molecule has 1 aromatic rings. The van der Waals surface area contributed by atoms with Crippen molar-refractivity contribution in [3.05, 3.63) is 34.3 Å². The lowest BCUT2D eigenvalue weighted by molar-refractivity contribution is 0.532. The van der Waals surface area contributed by atoms with Crippen LogP contribution in [0.1, 0.15) is 32.4 Å². The average Bonchev–Trinajstić information content (AvgIpc) is 2.34. The van der Waals surface area contributed by atoms with Gasteiger partial charge in [-0.25, -0.2) is 0 Å². The van der Waals surface area contributed by atoms with Crippen molar-refractivity contribution in [2.45, 2.75) is 32.9 Å². The molecule has 0 saturated carbocycles. The molecule has 3 atom stereocenters. The third-order valence-corrected chi connectivity index (χ3v) is 5.06. The van der Waals surface area contributed by atoms with Crippen molar-refractivity contribution < 1.29 is 0 Å². The summed E-state index contributed by atoms with van der Waals surface area (Å²) in [6, 6.07) is 9.15. The number of thioether (sulfide) groups is 1. The van der Waals surface area contributed by atoms with Crippen molar-refractivity contribution in [3.63, 3.8) is 0 Å². The molecule has 18 heavy (non-hydrogen) atoms. The molecule has 3 unspecified atom stereocenters. The molecule has 1 N–H and O–H groups in total. The van der Waals surface area contributed by atoms with Gasteiger partial charge in [0, 0.05) is 10.2 Å². The van der Waals surface area contributed by atoms with Crippen LogP contribution in [0.15, 0.2) is 33.7 Å². The third kappa shape index (κ3) is 3.51. The summed E-state index contributed by atoms with van der Waals surface area (Å²) in [5.74, 6) is 1.82. The summed E-state index contributed by atoms with van der Waals surface area (Å²) in [5.41, 5.74) is 1.28. The molecular weight excluding hydrogens is 308 g/mol. The van der Waals surface area contributed by atoms with E-state index >= 15 is 0 Å². The number of hydrogen-bond donors (Lipinski definition) is 1. The predicted octanol–water partition coefficient (Wildman–Crippen LogP) is 4.23. The summed E-state index contributed by atoms with van der Waals surface area (Å²) in [6.45, 7) is 6.63. The van der Waals surface area contributed by atoms with Crippen LogP contribution in [0.3, 0.4) is 0 Å². The van der Waals surface area contributed by atoms with Gasteiger partial charge in [0.15, 0.2) is 5.17 Å². The molecule has 0 aliphatic carbocycles. The molecule has 2 rings (SSSR count). The molecule has 0 fully saturated rings. The molecule has 0 saturated heterocycles. The second kappa shape index (κ2) is 6.11. The summed E-state index contributed by atoms with van der Waals surface area (Å²) in [7, 11) is 0. The van der Waals surface area contributed by atoms with Crippen LogP contribution in [0.2, 0.25) is 0 Å². The van der Waals surface area contributed by atoms with Crippen molar-refractivity contribution in [3.8, 4) is 0 Å². The number of benzene rings is 1. The van der Waals surface area contributed by atoms with E-state index in [1.165, 1.54) is 5.56 Å². The molecule has 0 aromatic heterocycles. The molecule has 1 heterocycles. The molecule has 0 bridgehead atoms. The van der Waals surface area contributed by atoms with Gasteiger partial charge in [-0.3, -0.25) is 4.99 Å². The molecular formula is C14H19BrN2S. The lowest BCUT2D eigenvalue weighted by atomic mass is 10.1.